The van der Waals surface area contributed by atoms with E-state index in [9.17, 15) is 0 Å². The zero-order valence-electron chi connectivity index (χ0n) is 10.8. The zero-order chi connectivity index (χ0) is 12.8. The Bertz CT molecular complexity index is 479. The fourth-order valence-electron chi connectivity index (χ4n) is 2.14. The van der Waals surface area contributed by atoms with Crippen molar-refractivity contribution in [2.75, 3.05) is 0 Å². The topological polar surface area (TPSA) is 38.9 Å². The van der Waals surface area contributed by atoms with E-state index in [1.165, 1.54) is 16.7 Å². The van der Waals surface area contributed by atoms with E-state index in [0.717, 1.165) is 19.3 Å². The second-order valence-electron chi connectivity index (χ2n) is 4.85. The van der Waals surface area contributed by atoms with E-state index in [-0.39, 0.29) is 6.04 Å². The average Bonchev–Trinajstić information content (AvgIpc) is 2.38. The van der Waals surface area contributed by atoms with E-state index in [1.807, 2.05) is 12.3 Å². The summed E-state index contributed by atoms with van der Waals surface area (Å²) in [5, 5.41) is 0. The number of pyridine rings is 1. The van der Waals surface area contributed by atoms with Gasteiger partial charge < -0.3 is 5.73 Å². The maximum atomic E-state index is 6.16. The maximum absolute atomic E-state index is 6.16. The van der Waals surface area contributed by atoms with E-state index in [1.54, 1.807) is 6.20 Å². The van der Waals surface area contributed by atoms with Gasteiger partial charge in [-0.3, -0.25) is 4.98 Å². The third kappa shape index (κ3) is 3.97. The molecule has 1 heterocycles. The molecule has 2 rings (SSSR count). The molecule has 0 amide bonds. The number of benzene rings is 1. The first-order valence-corrected chi connectivity index (χ1v) is 6.44. The van der Waals surface area contributed by atoms with Crippen molar-refractivity contribution in [1.29, 1.82) is 0 Å². The second kappa shape index (κ2) is 6.31. The Morgan fingerprint density at radius 1 is 1.17 bits per heavy atom. The second-order valence-corrected chi connectivity index (χ2v) is 4.85. The molecule has 0 aliphatic rings. The minimum absolute atomic E-state index is 0.203. The molecule has 0 bridgehead atoms. The van der Waals surface area contributed by atoms with Crippen molar-refractivity contribution in [2.24, 2.45) is 5.73 Å². The molecule has 1 atom stereocenters. The number of rotatable bonds is 5. The first kappa shape index (κ1) is 12.8. The molecule has 0 radical (unpaired) electrons. The van der Waals surface area contributed by atoms with E-state index in [2.05, 4.69) is 42.2 Å². The summed E-state index contributed by atoms with van der Waals surface area (Å²) in [6, 6.07) is 12.9. The van der Waals surface area contributed by atoms with Crippen LogP contribution in [0.1, 0.15) is 23.1 Å². The lowest BCUT2D eigenvalue weighted by molar-refractivity contribution is 0.609. The number of nitrogens with two attached hydrogens (primary N) is 1. The summed E-state index contributed by atoms with van der Waals surface area (Å²) in [4.78, 5) is 4.11. The van der Waals surface area contributed by atoms with Crippen LogP contribution in [0.25, 0.3) is 0 Å². The highest BCUT2D eigenvalue weighted by molar-refractivity contribution is 5.22. The predicted molar refractivity (Wildman–Crippen MR) is 75.4 cm³/mol. The number of hydrogen-bond acceptors (Lipinski definition) is 2. The first-order chi connectivity index (χ1) is 8.74. The van der Waals surface area contributed by atoms with Crippen LogP contribution in [0.4, 0.5) is 0 Å². The Morgan fingerprint density at radius 3 is 2.72 bits per heavy atom. The minimum Gasteiger partial charge on any atom is -0.327 e. The van der Waals surface area contributed by atoms with Crippen LogP contribution < -0.4 is 5.73 Å². The summed E-state index contributed by atoms with van der Waals surface area (Å²) in [6.45, 7) is 2.12. The van der Waals surface area contributed by atoms with Crippen molar-refractivity contribution in [2.45, 2.75) is 32.2 Å². The van der Waals surface area contributed by atoms with Gasteiger partial charge in [0.2, 0.25) is 0 Å². The number of hydrogen-bond donors (Lipinski definition) is 1. The number of aryl methyl sites for hydroxylation is 2. The Kier molecular flexibility index (Phi) is 4.48. The van der Waals surface area contributed by atoms with Crippen molar-refractivity contribution in [3.05, 3.63) is 65.5 Å². The zero-order valence-corrected chi connectivity index (χ0v) is 10.8. The monoisotopic (exact) mass is 240 g/mol. The van der Waals surface area contributed by atoms with Crippen LogP contribution in [0.15, 0.2) is 48.8 Å². The van der Waals surface area contributed by atoms with E-state index in [0.29, 0.717) is 0 Å². The predicted octanol–water partition coefficient (Wildman–Crippen LogP) is 2.89. The Morgan fingerprint density at radius 2 is 2.00 bits per heavy atom. The van der Waals surface area contributed by atoms with Gasteiger partial charge in [-0.2, -0.15) is 0 Å². The van der Waals surface area contributed by atoms with Gasteiger partial charge >= 0.3 is 0 Å². The molecular weight excluding hydrogens is 220 g/mol. The molecule has 2 aromatic rings. The molecule has 2 N–H and O–H groups in total. The summed E-state index contributed by atoms with van der Waals surface area (Å²) in [5.74, 6) is 0. The van der Waals surface area contributed by atoms with Gasteiger partial charge in [-0.15, -0.1) is 0 Å². The SMILES string of the molecule is Cc1cccc(CCC(N)Cc2cccnc2)c1. The van der Waals surface area contributed by atoms with Crippen molar-refractivity contribution in [3.63, 3.8) is 0 Å². The van der Waals surface area contributed by atoms with Gasteiger partial charge in [-0.1, -0.05) is 35.9 Å². The molecule has 0 saturated carbocycles. The Labute approximate surface area is 109 Å². The molecule has 0 spiro atoms. The molecule has 1 unspecified atom stereocenters. The Balaban J connectivity index is 1.83. The quantitative estimate of drug-likeness (QED) is 0.872. The Hall–Kier alpha value is -1.67. The first-order valence-electron chi connectivity index (χ1n) is 6.44. The highest BCUT2D eigenvalue weighted by atomic mass is 14.6. The van der Waals surface area contributed by atoms with E-state index >= 15 is 0 Å². The van der Waals surface area contributed by atoms with Crippen molar-refractivity contribution in [3.8, 4) is 0 Å². The van der Waals surface area contributed by atoms with Gasteiger partial charge in [-0.05, 0) is 43.4 Å². The lowest BCUT2D eigenvalue weighted by Crippen LogP contribution is -2.23. The lowest BCUT2D eigenvalue weighted by atomic mass is 10.00. The summed E-state index contributed by atoms with van der Waals surface area (Å²) in [6.07, 6.45) is 6.65. The molecule has 1 aromatic carbocycles. The minimum atomic E-state index is 0.203. The van der Waals surface area contributed by atoms with Crippen LogP contribution in [0.5, 0.6) is 0 Å². The van der Waals surface area contributed by atoms with E-state index < -0.39 is 0 Å². The molecule has 1 aromatic heterocycles. The molecule has 0 aliphatic carbocycles. The van der Waals surface area contributed by atoms with Crippen LogP contribution in [-0.2, 0) is 12.8 Å². The number of nitrogens with zero attached hydrogens (tertiary/aromatic N) is 1. The van der Waals surface area contributed by atoms with Gasteiger partial charge in [0.15, 0.2) is 0 Å². The van der Waals surface area contributed by atoms with Crippen LogP contribution in [0.2, 0.25) is 0 Å². The summed E-state index contributed by atoms with van der Waals surface area (Å²) in [5.41, 5.74) is 10.1. The van der Waals surface area contributed by atoms with Crippen LogP contribution in [-0.4, -0.2) is 11.0 Å². The van der Waals surface area contributed by atoms with Crippen LogP contribution in [0, 0.1) is 6.92 Å². The maximum Gasteiger partial charge on any atom is 0.0300 e. The van der Waals surface area contributed by atoms with Crippen LogP contribution in [0.3, 0.4) is 0 Å². The smallest absolute Gasteiger partial charge is 0.0300 e. The molecule has 2 nitrogen and oxygen atoms in total. The van der Waals surface area contributed by atoms with Gasteiger partial charge in [0.1, 0.15) is 0 Å². The third-order valence-electron chi connectivity index (χ3n) is 3.11. The van der Waals surface area contributed by atoms with Crippen LogP contribution >= 0.6 is 0 Å². The molecule has 0 fully saturated rings. The third-order valence-corrected chi connectivity index (χ3v) is 3.11. The summed E-state index contributed by atoms with van der Waals surface area (Å²) in [7, 11) is 0. The molecule has 2 heteroatoms. The summed E-state index contributed by atoms with van der Waals surface area (Å²) < 4.78 is 0. The molecule has 18 heavy (non-hydrogen) atoms. The average molecular weight is 240 g/mol. The normalized spacial score (nSPS) is 12.3. The number of aromatic nitrogens is 1. The largest absolute Gasteiger partial charge is 0.327 e. The highest BCUT2D eigenvalue weighted by Gasteiger charge is 2.04. The summed E-state index contributed by atoms with van der Waals surface area (Å²) >= 11 is 0. The van der Waals surface area contributed by atoms with Gasteiger partial charge in [-0.25, -0.2) is 0 Å². The van der Waals surface area contributed by atoms with Gasteiger partial charge in [0.05, 0.1) is 0 Å². The van der Waals surface area contributed by atoms with Gasteiger partial charge in [0, 0.05) is 18.4 Å². The van der Waals surface area contributed by atoms with Crippen molar-refractivity contribution >= 4 is 0 Å². The molecular formula is C16H20N2. The standard InChI is InChI=1S/C16H20N2/c1-13-4-2-5-14(10-13)7-8-16(17)11-15-6-3-9-18-12-15/h2-6,9-10,12,16H,7-8,11,17H2,1H3. The highest BCUT2D eigenvalue weighted by Crippen LogP contribution is 2.09. The molecule has 0 saturated heterocycles. The van der Waals surface area contributed by atoms with E-state index in [4.69, 9.17) is 5.73 Å². The molecule has 94 valence electrons. The fourth-order valence-corrected chi connectivity index (χ4v) is 2.14. The lowest BCUT2D eigenvalue weighted by Gasteiger charge is -2.11. The van der Waals surface area contributed by atoms with Crippen molar-refractivity contribution < 1.29 is 0 Å². The van der Waals surface area contributed by atoms with Crippen molar-refractivity contribution in [1.82, 2.24) is 4.98 Å². The fraction of sp³-hybridized carbons (Fsp3) is 0.312. The molecule has 0 aliphatic heterocycles. The van der Waals surface area contributed by atoms with Gasteiger partial charge in [0.25, 0.3) is 0 Å².